The summed E-state index contributed by atoms with van der Waals surface area (Å²) >= 11 is 0. The summed E-state index contributed by atoms with van der Waals surface area (Å²) in [5, 5.41) is 15.6. The lowest BCUT2D eigenvalue weighted by Gasteiger charge is -2.13. The second-order valence-corrected chi connectivity index (χ2v) is 6.08. The van der Waals surface area contributed by atoms with Gasteiger partial charge in [0, 0.05) is 36.9 Å². The molecule has 26 heavy (non-hydrogen) atoms. The Balaban J connectivity index is 1.62. The highest BCUT2D eigenvalue weighted by Crippen LogP contribution is 2.26. The van der Waals surface area contributed by atoms with Gasteiger partial charge in [0.15, 0.2) is 5.96 Å². The summed E-state index contributed by atoms with van der Waals surface area (Å²) in [7, 11) is 0. The van der Waals surface area contributed by atoms with E-state index in [1.165, 1.54) is 0 Å². The largest absolute Gasteiger partial charge is 0.858 e. The van der Waals surface area contributed by atoms with Crippen LogP contribution in [0.4, 0.5) is 0 Å². The number of nitrogens with one attached hydrogen (secondary N) is 1. The van der Waals surface area contributed by atoms with E-state index in [0.29, 0.717) is 17.9 Å². The molecule has 3 aromatic rings. The molecule has 3 rings (SSSR count). The highest BCUT2D eigenvalue weighted by Gasteiger charge is 2.05. The normalized spacial score (nSPS) is 11.0. The molecule has 5 N–H and O–H groups in total. The lowest BCUT2D eigenvalue weighted by atomic mass is 10.1. The number of imidazole rings is 1. The minimum Gasteiger partial charge on any atom is -0.858 e. The van der Waals surface area contributed by atoms with Gasteiger partial charge in [-0.3, -0.25) is 9.39 Å². The van der Waals surface area contributed by atoms with Crippen LogP contribution in [0.5, 0.6) is 5.88 Å². The molecule has 0 aliphatic heterocycles. The average Bonchev–Trinajstić information content (AvgIpc) is 2.96. The van der Waals surface area contributed by atoms with Crippen molar-refractivity contribution in [2.75, 3.05) is 13.1 Å². The van der Waals surface area contributed by atoms with Gasteiger partial charge in [-0.15, -0.1) is 0 Å². The second kappa shape index (κ2) is 7.83. The number of hydrogen-bond acceptors (Lipinski definition) is 5. The third-order valence-electron chi connectivity index (χ3n) is 3.93. The zero-order valence-electron chi connectivity index (χ0n) is 14.6. The zero-order valence-corrected chi connectivity index (χ0v) is 14.6. The molecule has 0 saturated carbocycles. The van der Waals surface area contributed by atoms with Crippen molar-refractivity contribution >= 4 is 11.7 Å². The van der Waals surface area contributed by atoms with Crippen LogP contribution in [-0.2, 0) is 6.54 Å². The van der Waals surface area contributed by atoms with E-state index in [4.69, 9.17) is 11.5 Å². The summed E-state index contributed by atoms with van der Waals surface area (Å²) in [6.45, 7) is 4.05. The van der Waals surface area contributed by atoms with Crippen molar-refractivity contribution in [2.24, 2.45) is 16.5 Å². The molecule has 1 aromatic carbocycles. The SMILES string of the molecule is Cc1cn2cc(-c3ccc(CNCCCN=C(N)N)cc3)c([O-])nc2n1. The van der Waals surface area contributed by atoms with Crippen molar-refractivity contribution < 1.29 is 5.11 Å². The molecule has 2 heterocycles. The third kappa shape index (κ3) is 4.28. The van der Waals surface area contributed by atoms with Crippen LogP contribution in [0.1, 0.15) is 17.7 Å². The summed E-state index contributed by atoms with van der Waals surface area (Å²) in [6, 6.07) is 7.87. The molecule has 0 bridgehead atoms. The highest BCUT2D eigenvalue weighted by molar-refractivity contribution is 5.75. The van der Waals surface area contributed by atoms with Gasteiger partial charge < -0.3 is 21.9 Å². The third-order valence-corrected chi connectivity index (χ3v) is 3.93. The summed E-state index contributed by atoms with van der Waals surface area (Å²) in [5.41, 5.74) is 13.9. The van der Waals surface area contributed by atoms with E-state index < -0.39 is 0 Å². The Morgan fingerprint density at radius 1 is 1.19 bits per heavy atom. The van der Waals surface area contributed by atoms with Crippen LogP contribution in [-0.4, -0.2) is 33.4 Å². The molecule has 8 heteroatoms. The molecule has 2 aromatic heterocycles. The average molecular weight is 352 g/mol. The van der Waals surface area contributed by atoms with Gasteiger partial charge in [-0.25, -0.2) is 9.97 Å². The van der Waals surface area contributed by atoms with Crippen LogP contribution in [0.2, 0.25) is 0 Å². The molecular formula is C18H22N7O-. The first-order chi connectivity index (χ1) is 12.5. The second-order valence-electron chi connectivity index (χ2n) is 6.08. The molecule has 0 atom stereocenters. The van der Waals surface area contributed by atoms with Crippen LogP contribution in [0.15, 0.2) is 41.7 Å². The van der Waals surface area contributed by atoms with Crippen LogP contribution < -0.4 is 21.9 Å². The van der Waals surface area contributed by atoms with Crippen molar-refractivity contribution in [2.45, 2.75) is 19.9 Å². The fraction of sp³-hybridized carbons (Fsp3) is 0.278. The molecule has 8 nitrogen and oxygen atoms in total. The number of aliphatic imine (C=N–C) groups is 1. The minimum absolute atomic E-state index is 0.122. The molecule has 0 radical (unpaired) electrons. The van der Waals surface area contributed by atoms with Gasteiger partial charge in [-0.1, -0.05) is 24.3 Å². The predicted molar refractivity (Wildman–Crippen MR) is 99.6 cm³/mol. The zero-order chi connectivity index (χ0) is 18.5. The topological polar surface area (TPSA) is 130 Å². The number of nitrogens with two attached hydrogens (primary N) is 2. The van der Waals surface area contributed by atoms with Gasteiger partial charge in [-0.05, 0) is 31.0 Å². The number of rotatable bonds is 7. The van der Waals surface area contributed by atoms with Crippen LogP contribution in [0, 0.1) is 6.92 Å². The monoisotopic (exact) mass is 352 g/mol. The summed E-state index contributed by atoms with van der Waals surface area (Å²) in [4.78, 5) is 12.2. The van der Waals surface area contributed by atoms with Gasteiger partial charge in [0.2, 0.25) is 5.78 Å². The Labute approximate surface area is 151 Å². The summed E-state index contributed by atoms with van der Waals surface area (Å²) < 4.78 is 1.78. The van der Waals surface area contributed by atoms with Crippen molar-refractivity contribution in [1.29, 1.82) is 0 Å². The lowest BCUT2D eigenvalue weighted by molar-refractivity contribution is -0.273. The molecule has 0 amide bonds. The van der Waals surface area contributed by atoms with E-state index in [2.05, 4.69) is 20.3 Å². The van der Waals surface area contributed by atoms with E-state index >= 15 is 0 Å². The van der Waals surface area contributed by atoms with Gasteiger partial charge in [0.25, 0.3) is 0 Å². The fourth-order valence-electron chi connectivity index (χ4n) is 2.67. The molecule has 0 aliphatic carbocycles. The van der Waals surface area contributed by atoms with E-state index in [-0.39, 0.29) is 11.8 Å². The smallest absolute Gasteiger partial charge is 0.233 e. The Morgan fingerprint density at radius 3 is 2.69 bits per heavy atom. The quantitative estimate of drug-likeness (QED) is 0.323. The highest BCUT2D eigenvalue weighted by atomic mass is 16.3. The van der Waals surface area contributed by atoms with E-state index in [0.717, 1.165) is 36.3 Å². The molecular weight excluding hydrogens is 330 g/mol. The van der Waals surface area contributed by atoms with Crippen molar-refractivity contribution in [3.05, 3.63) is 47.9 Å². The van der Waals surface area contributed by atoms with Crippen molar-refractivity contribution in [1.82, 2.24) is 19.7 Å². The Morgan fingerprint density at radius 2 is 1.96 bits per heavy atom. The molecule has 0 aliphatic rings. The first kappa shape index (κ1) is 17.7. The number of guanidine groups is 1. The summed E-state index contributed by atoms with van der Waals surface area (Å²) in [6.07, 6.45) is 4.50. The number of fused-ring (bicyclic) bond motifs is 1. The number of aryl methyl sites for hydroxylation is 1. The Hall–Kier alpha value is -3.13. The molecule has 0 unspecified atom stereocenters. The van der Waals surface area contributed by atoms with Gasteiger partial charge in [0.1, 0.15) is 0 Å². The van der Waals surface area contributed by atoms with Crippen LogP contribution in [0.3, 0.4) is 0 Å². The van der Waals surface area contributed by atoms with E-state index in [1.54, 1.807) is 10.6 Å². The lowest BCUT2D eigenvalue weighted by Crippen LogP contribution is -2.23. The van der Waals surface area contributed by atoms with Gasteiger partial charge in [0.05, 0.1) is 5.69 Å². The maximum atomic E-state index is 12.2. The first-order valence-electron chi connectivity index (χ1n) is 8.42. The Kier molecular flexibility index (Phi) is 5.33. The molecule has 136 valence electrons. The predicted octanol–water partition coefficient (Wildman–Crippen LogP) is 0.531. The van der Waals surface area contributed by atoms with Crippen LogP contribution >= 0.6 is 0 Å². The number of benzene rings is 1. The minimum atomic E-state index is -0.270. The molecule has 0 spiro atoms. The van der Waals surface area contributed by atoms with Crippen LogP contribution in [0.25, 0.3) is 16.9 Å². The fourth-order valence-corrected chi connectivity index (χ4v) is 2.67. The number of hydrogen-bond donors (Lipinski definition) is 3. The first-order valence-corrected chi connectivity index (χ1v) is 8.42. The van der Waals surface area contributed by atoms with E-state index in [9.17, 15) is 5.11 Å². The van der Waals surface area contributed by atoms with Gasteiger partial charge >= 0.3 is 0 Å². The van der Waals surface area contributed by atoms with Gasteiger partial charge in [-0.2, -0.15) is 0 Å². The maximum absolute atomic E-state index is 12.2. The number of aromatic nitrogens is 3. The number of nitrogens with zero attached hydrogens (tertiary/aromatic N) is 4. The van der Waals surface area contributed by atoms with E-state index in [1.807, 2.05) is 37.4 Å². The van der Waals surface area contributed by atoms with Crippen molar-refractivity contribution in [3.8, 4) is 17.0 Å². The van der Waals surface area contributed by atoms with Crippen molar-refractivity contribution in [3.63, 3.8) is 0 Å². The summed E-state index contributed by atoms with van der Waals surface area (Å²) in [5.74, 6) is 0.281. The molecule has 0 saturated heterocycles. The Bertz CT molecular complexity index is 911. The maximum Gasteiger partial charge on any atom is 0.233 e. The standard InChI is InChI=1S/C18H23N7O/c1-12-10-25-11-15(16(26)24-18(25)23-12)14-5-3-13(4-6-14)9-21-7-2-8-22-17(19)20/h3-6,10-11,21H,2,7-9H2,1H3,(H4,19,20,22)(H,23,24,26)/p-1. The molecule has 0 fully saturated rings.